The van der Waals surface area contributed by atoms with Crippen LogP contribution in [-0.2, 0) is 0 Å². The van der Waals surface area contributed by atoms with Crippen LogP contribution in [0.4, 0.5) is 0 Å². The number of para-hydroxylation sites is 1. The Morgan fingerprint density at radius 3 is 2.76 bits per heavy atom. The minimum atomic E-state index is -1.53. The number of fused-ring (bicyclic) bond motifs is 1. The first-order chi connectivity index (χ1) is 8.20. The van der Waals surface area contributed by atoms with Crippen LogP contribution in [0.25, 0.3) is 17.0 Å². The maximum absolute atomic E-state index is 8.97. The molecule has 1 aromatic heterocycles. The van der Waals surface area contributed by atoms with Crippen molar-refractivity contribution in [2.24, 2.45) is 0 Å². The Labute approximate surface area is 98.6 Å². The van der Waals surface area contributed by atoms with Gasteiger partial charge in [0.2, 0.25) is 0 Å². The molecule has 0 aliphatic heterocycles. The van der Waals surface area contributed by atoms with Gasteiger partial charge >= 0.3 is 7.12 Å². The van der Waals surface area contributed by atoms with Gasteiger partial charge in [0.1, 0.15) is 11.8 Å². The molecule has 0 spiro atoms. The average molecular weight is 224 g/mol. The maximum Gasteiger partial charge on any atom is 0.480 e. The Bertz CT molecular complexity index is 617. The van der Waals surface area contributed by atoms with Gasteiger partial charge in [0.05, 0.1) is 5.52 Å². The van der Waals surface area contributed by atoms with Crippen molar-refractivity contribution in [2.75, 3.05) is 0 Å². The number of nitrogens with zero attached hydrogens (tertiary/aromatic N) is 2. The molecule has 0 amide bonds. The molecule has 17 heavy (non-hydrogen) atoms. The number of hydrogen-bond acceptors (Lipinski definition) is 4. The van der Waals surface area contributed by atoms with Crippen molar-refractivity contribution in [1.29, 1.82) is 5.26 Å². The van der Waals surface area contributed by atoms with E-state index < -0.39 is 7.12 Å². The van der Waals surface area contributed by atoms with E-state index in [9.17, 15) is 0 Å². The van der Waals surface area contributed by atoms with Crippen LogP contribution in [0.15, 0.2) is 36.3 Å². The molecule has 0 saturated heterocycles. The van der Waals surface area contributed by atoms with Gasteiger partial charge in [-0.3, -0.25) is 0 Å². The molecule has 0 radical (unpaired) electrons. The van der Waals surface area contributed by atoms with Gasteiger partial charge < -0.3 is 10.0 Å². The first kappa shape index (κ1) is 11.3. The quantitative estimate of drug-likeness (QED) is 0.749. The summed E-state index contributed by atoms with van der Waals surface area (Å²) >= 11 is 0. The highest BCUT2D eigenvalue weighted by Gasteiger charge is 2.05. The summed E-state index contributed by atoms with van der Waals surface area (Å²) in [5.74, 6) is 1.19. The second-order valence-electron chi connectivity index (χ2n) is 3.50. The van der Waals surface area contributed by atoms with Gasteiger partial charge in [0.25, 0.3) is 0 Å². The smallest absolute Gasteiger partial charge is 0.424 e. The zero-order valence-corrected chi connectivity index (χ0v) is 8.91. The second-order valence-corrected chi connectivity index (χ2v) is 3.50. The van der Waals surface area contributed by atoms with Gasteiger partial charge in [0, 0.05) is 10.9 Å². The van der Waals surface area contributed by atoms with Crippen molar-refractivity contribution in [1.82, 2.24) is 4.98 Å². The Hall–Kier alpha value is -2.16. The van der Waals surface area contributed by atoms with Crippen LogP contribution < -0.4 is 0 Å². The largest absolute Gasteiger partial charge is 0.480 e. The summed E-state index contributed by atoms with van der Waals surface area (Å²) in [7, 11) is -1.53. The van der Waals surface area contributed by atoms with Crippen LogP contribution >= 0.6 is 0 Å². The van der Waals surface area contributed by atoms with E-state index in [1.165, 1.54) is 12.1 Å². The third-order valence-corrected chi connectivity index (χ3v) is 2.31. The number of benzene rings is 1. The van der Waals surface area contributed by atoms with Crippen molar-refractivity contribution in [3.05, 3.63) is 47.6 Å². The van der Waals surface area contributed by atoms with E-state index in [4.69, 9.17) is 15.3 Å². The summed E-state index contributed by atoms with van der Waals surface area (Å²) < 4.78 is 0. The molecule has 1 aromatic carbocycles. The summed E-state index contributed by atoms with van der Waals surface area (Å²) in [5, 5.41) is 27.4. The van der Waals surface area contributed by atoms with Crippen LogP contribution in [0, 0.1) is 11.3 Å². The summed E-state index contributed by atoms with van der Waals surface area (Å²) in [4.78, 5) is 4.20. The Kier molecular flexibility index (Phi) is 3.19. The van der Waals surface area contributed by atoms with E-state index in [0.717, 1.165) is 10.9 Å². The molecule has 4 nitrogen and oxygen atoms in total. The fourth-order valence-electron chi connectivity index (χ4n) is 1.54. The molecular weight excluding hydrogens is 215 g/mol. The summed E-state index contributed by atoms with van der Waals surface area (Å²) in [6.45, 7) is 0. The van der Waals surface area contributed by atoms with Crippen molar-refractivity contribution in [3.63, 3.8) is 0 Å². The lowest BCUT2D eigenvalue weighted by molar-refractivity contribution is 0.424. The molecule has 0 saturated carbocycles. The molecule has 0 fully saturated rings. The molecule has 0 aliphatic rings. The molecule has 2 aromatic rings. The van der Waals surface area contributed by atoms with E-state index in [1.54, 1.807) is 6.07 Å². The summed E-state index contributed by atoms with van der Waals surface area (Å²) in [6, 6.07) is 11.2. The summed E-state index contributed by atoms with van der Waals surface area (Å²) in [5.41, 5.74) is 1.57. The predicted octanol–water partition coefficient (Wildman–Crippen LogP) is 1.13. The van der Waals surface area contributed by atoms with Crippen molar-refractivity contribution >= 4 is 24.1 Å². The van der Waals surface area contributed by atoms with Crippen LogP contribution in [0.3, 0.4) is 0 Å². The third kappa shape index (κ3) is 2.51. The molecule has 1 heterocycles. The minimum absolute atomic E-state index is 0.264. The molecule has 82 valence electrons. The van der Waals surface area contributed by atoms with Crippen molar-refractivity contribution in [3.8, 4) is 6.07 Å². The van der Waals surface area contributed by atoms with Gasteiger partial charge in [-0.05, 0) is 12.1 Å². The highest BCUT2D eigenvalue weighted by molar-refractivity contribution is 6.48. The maximum atomic E-state index is 8.97. The van der Waals surface area contributed by atoms with Gasteiger partial charge in [0.15, 0.2) is 0 Å². The molecule has 0 aliphatic carbocycles. The summed E-state index contributed by atoms with van der Waals surface area (Å²) in [6.07, 6.45) is 1.47. The van der Waals surface area contributed by atoms with Crippen LogP contribution in [-0.4, -0.2) is 22.2 Å². The number of nitriles is 1. The monoisotopic (exact) mass is 224 g/mol. The lowest BCUT2D eigenvalue weighted by Crippen LogP contribution is -2.05. The molecule has 2 N–H and O–H groups in total. The van der Waals surface area contributed by atoms with Gasteiger partial charge in [-0.1, -0.05) is 30.3 Å². The topological polar surface area (TPSA) is 77.1 Å². The lowest BCUT2D eigenvalue weighted by atomic mass is 9.90. The van der Waals surface area contributed by atoms with Crippen LogP contribution in [0.2, 0.25) is 0 Å². The van der Waals surface area contributed by atoms with Gasteiger partial charge in [-0.25, -0.2) is 4.98 Å². The molecule has 5 heteroatoms. The SMILES string of the molecule is N#Cc1nc2ccccc2cc1/C=C/B(O)O. The molecule has 0 atom stereocenters. The van der Waals surface area contributed by atoms with E-state index in [2.05, 4.69) is 4.98 Å². The standard InChI is InChI=1S/C12H9BN2O2/c14-8-12-10(5-6-13(16)17)7-9-3-1-2-4-11(9)15-12/h1-7,16-17H/b6-5+. The molecule has 0 unspecified atom stereocenters. The van der Waals surface area contributed by atoms with E-state index >= 15 is 0 Å². The normalized spacial score (nSPS) is 10.6. The van der Waals surface area contributed by atoms with E-state index in [1.807, 2.05) is 30.3 Å². The fraction of sp³-hybridized carbons (Fsp3) is 0. The third-order valence-electron chi connectivity index (χ3n) is 2.31. The number of aromatic nitrogens is 1. The zero-order chi connectivity index (χ0) is 12.3. The molecule has 0 bridgehead atoms. The first-order valence-electron chi connectivity index (χ1n) is 5.05. The lowest BCUT2D eigenvalue weighted by Gasteiger charge is -2.01. The number of hydrogen-bond donors (Lipinski definition) is 2. The first-order valence-corrected chi connectivity index (χ1v) is 5.05. The van der Waals surface area contributed by atoms with Crippen molar-refractivity contribution in [2.45, 2.75) is 0 Å². The predicted molar refractivity (Wildman–Crippen MR) is 65.7 cm³/mol. The Balaban J connectivity index is 2.58. The van der Waals surface area contributed by atoms with Crippen LogP contribution in [0.5, 0.6) is 0 Å². The fourth-order valence-corrected chi connectivity index (χ4v) is 1.54. The second kappa shape index (κ2) is 4.79. The van der Waals surface area contributed by atoms with E-state index in [-0.39, 0.29) is 5.69 Å². The molecular formula is C12H9BN2O2. The van der Waals surface area contributed by atoms with Crippen LogP contribution in [0.1, 0.15) is 11.3 Å². The average Bonchev–Trinajstić information content (AvgIpc) is 2.35. The highest BCUT2D eigenvalue weighted by atomic mass is 16.4. The number of pyridine rings is 1. The van der Waals surface area contributed by atoms with Gasteiger partial charge in [-0.2, -0.15) is 5.26 Å². The van der Waals surface area contributed by atoms with Crippen molar-refractivity contribution < 1.29 is 10.0 Å². The Morgan fingerprint density at radius 2 is 2.06 bits per heavy atom. The zero-order valence-electron chi connectivity index (χ0n) is 8.91. The number of rotatable bonds is 2. The highest BCUT2D eigenvalue weighted by Crippen LogP contribution is 2.17. The van der Waals surface area contributed by atoms with Gasteiger partial charge in [-0.15, -0.1) is 0 Å². The molecule has 2 rings (SSSR count). The minimum Gasteiger partial charge on any atom is -0.424 e. The van der Waals surface area contributed by atoms with E-state index in [0.29, 0.717) is 5.56 Å². The Morgan fingerprint density at radius 1 is 1.29 bits per heavy atom.